The van der Waals surface area contributed by atoms with Crippen LogP contribution in [0.25, 0.3) is 16.2 Å². The van der Waals surface area contributed by atoms with Gasteiger partial charge in [-0.3, -0.25) is 4.72 Å². The summed E-state index contributed by atoms with van der Waals surface area (Å²) in [5.41, 5.74) is 2.39. The Morgan fingerprint density at radius 1 is 1.26 bits per heavy atom. The molecular weight excluding hydrogens is 488 g/mol. The summed E-state index contributed by atoms with van der Waals surface area (Å²) in [6.07, 6.45) is 1.44. The summed E-state index contributed by atoms with van der Waals surface area (Å²) in [7, 11) is 0. The fourth-order valence-electron chi connectivity index (χ4n) is 4.23. The van der Waals surface area contributed by atoms with Gasteiger partial charge in [-0.05, 0) is 56.8 Å². The third-order valence-corrected chi connectivity index (χ3v) is 8.59. The van der Waals surface area contributed by atoms with E-state index < -0.39 is 31.9 Å². The number of hydrogen-bond acceptors (Lipinski definition) is 7. The lowest BCUT2D eigenvalue weighted by molar-refractivity contribution is 0.150. The summed E-state index contributed by atoms with van der Waals surface area (Å²) in [5, 5.41) is 10.7. The molecule has 184 valence electrons. The Kier molecular flexibility index (Phi) is 6.51. The fourth-order valence-corrected chi connectivity index (χ4v) is 5.85. The van der Waals surface area contributed by atoms with Crippen LogP contribution >= 0.6 is 23.3 Å². The van der Waals surface area contributed by atoms with E-state index in [1.807, 2.05) is 40.6 Å². The minimum absolute atomic E-state index is 0.0890. The first-order valence-corrected chi connectivity index (χ1v) is 12.8. The second kappa shape index (κ2) is 9.29. The number of hydrogen-bond donors (Lipinski definition) is 2. The van der Waals surface area contributed by atoms with Gasteiger partial charge in [0.2, 0.25) is 0 Å². The van der Waals surface area contributed by atoms with Gasteiger partial charge in [0, 0.05) is 29.2 Å². The fraction of sp³-hybridized carbons (Fsp3) is 0.545. The van der Waals surface area contributed by atoms with Gasteiger partial charge in [0.1, 0.15) is 13.3 Å². The van der Waals surface area contributed by atoms with E-state index in [0.29, 0.717) is 17.2 Å². The predicted molar refractivity (Wildman–Crippen MR) is 127 cm³/mol. The average Bonchev–Trinajstić information content (AvgIpc) is 3.21. The van der Waals surface area contributed by atoms with Gasteiger partial charge in [-0.25, -0.2) is 17.6 Å². The van der Waals surface area contributed by atoms with E-state index in [1.165, 1.54) is 11.9 Å². The molecule has 1 saturated carbocycles. The van der Waals surface area contributed by atoms with Crippen molar-refractivity contribution in [3.05, 3.63) is 29.4 Å². The molecule has 3 aromatic heterocycles. The molecule has 3 atom stereocenters. The highest BCUT2D eigenvalue weighted by molar-refractivity contribution is 7.97. The van der Waals surface area contributed by atoms with Crippen LogP contribution in [0.2, 0.25) is 0 Å². The van der Waals surface area contributed by atoms with Crippen molar-refractivity contribution in [3.8, 4) is 10.7 Å². The summed E-state index contributed by atoms with van der Waals surface area (Å²) in [6.45, 7) is 3.26. The molecule has 0 bridgehead atoms. The molecule has 1 saturated heterocycles. The zero-order valence-corrected chi connectivity index (χ0v) is 20.4. The number of piperazine rings is 1. The van der Waals surface area contributed by atoms with Gasteiger partial charge in [-0.15, -0.1) is 10.2 Å². The number of halogens is 4. The predicted octanol–water partition coefficient (Wildman–Crippen LogP) is 5.02. The Morgan fingerprint density at radius 3 is 2.71 bits per heavy atom. The minimum Gasteiger partial charge on any atom is -0.364 e. The topological polar surface area (TPSA) is 57.5 Å². The van der Waals surface area contributed by atoms with Crippen molar-refractivity contribution in [2.45, 2.75) is 61.7 Å². The maximum Gasteiger partial charge on any atom is 0.291 e. The summed E-state index contributed by atoms with van der Waals surface area (Å²) in [6, 6.07) is 4.55. The Labute approximate surface area is 203 Å². The second-order valence-electron chi connectivity index (χ2n) is 9.22. The largest absolute Gasteiger partial charge is 0.364 e. The van der Waals surface area contributed by atoms with Crippen LogP contribution in [0.5, 0.6) is 0 Å². The molecule has 0 aromatic carbocycles. The van der Waals surface area contributed by atoms with Crippen LogP contribution in [0, 0.1) is 0 Å². The molecule has 0 amide bonds. The normalized spacial score (nSPS) is 24.3. The standard InChI is InChI=1S/C22H26F4N6S2/c1-12-15(9-24)27-13(8-23)10-31(12)18-7-14(34-30-22(2)5-6-22)11-32-16(18)3-4-17(32)20-28-29-21(33-20)19(25)26/h3-4,7,11-13,15,19,27,30H,5-6,8-10H2,1-2H3. The molecule has 12 heteroatoms. The van der Waals surface area contributed by atoms with Crippen molar-refractivity contribution in [1.29, 1.82) is 0 Å². The molecule has 34 heavy (non-hydrogen) atoms. The highest BCUT2D eigenvalue weighted by Crippen LogP contribution is 2.40. The molecular formula is C22H26F4N6S2. The van der Waals surface area contributed by atoms with E-state index in [1.54, 1.807) is 0 Å². The molecule has 4 heterocycles. The van der Waals surface area contributed by atoms with E-state index in [0.717, 1.165) is 40.3 Å². The van der Waals surface area contributed by atoms with Crippen LogP contribution in [0.15, 0.2) is 29.3 Å². The number of anilines is 1. The number of nitrogens with zero attached hydrogens (tertiary/aromatic N) is 4. The molecule has 2 aliphatic rings. The third kappa shape index (κ3) is 4.52. The van der Waals surface area contributed by atoms with E-state index in [-0.39, 0.29) is 16.6 Å². The van der Waals surface area contributed by atoms with Gasteiger partial charge >= 0.3 is 0 Å². The monoisotopic (exact) mass is 514 g/mol. The van der Waals surface area contributed by atoms with Crippen LogP contribution < -0.4 is 14.9 Å². The van der Waals surface area contributed by atoms with Crippen LogP contribution in [0.3, 0.4) is 0 Å². The minimum atomic E-state index is -2.68. The number of nitrogens with one attached hydrogen (secondary N) is 2. The van der Waals surface area contributed by atoms with Gasteiger partial charge in [0.05, 0.1) is 29.0 Å². The smallest absolute Gasteiger partial charge is 0.291 e. The van der Waals surface area contributed by atoms with E-state index in [4.69, 9.17) is 0 Å². The van der Waals surface area contributed by atoms with E-state index in [9.17, 15) is 17.6 Å². The quantitative estimate of drug-likeness (QED) is 0.325. The first-order valence-electron chi connectivity index (χ1n) is 11.2. The molecule has 2 fully saturated rings. The van der Waals surface area contributed by atoms with Crippen LogP contribution in [0.1, 0.15) is 38.1 Å². The number of fused-ring (bicyclic) bond motifs is 1. The van der Waals surface area contributed by atoms with Crippen molar-refractivity contribution in [2.75, 3.05) is 24.8 Å². The van der Waals surface area contributed by atoms with Gasteiger partial charge in [-0.2, -0.15) is 0 Å². The lowest BCUT2D eigenvalue weighted by atomic mass is 10.0. The van der Waals surface area contributed by atoms with Crippen molar-refractivity contribution < 1.29 is 17.6 Å². The molecule has 0 radical (unpaired) electrons. The molecule has 5 rings (SSSR count). The second-order valence-corrected chi connectivity index (χ2v) is 11.1. The Hall–Kier alpha value is -1.89. The van der Waals surface area contributed by atoms with Gasteiger partial charge in [-0.1, -0.05) is 11.3 Å². The Bertz CT molecular complexity index is 1160. The zero-order chi connectivity index (χ0) is 24.0. The number of alkyl halides is 4. The Balaban J connectivity index is 1.60. The first kappa shape index (κ1) is 23.8. The summed E-state index contributed by atoms with van der Waals surface area (Å²) >= 11 is 2.36. The molecule has 3 aromatic rings. The van der Waals surface area contributed by atoms with Gasteiger partial charge < -0.3 is 14.6 Å². The van der Waals surface area contributed by atoms with Gasteiger partial charge in [0.15, 0.2) is 10.0 Å². The Morgan fingerprint density at radius 2 is 2.06 bits per heavy atom. The van der Waals surface area contributed by atoms with E-state index in [2.05, 4.69) is 27.2 Å². The molecule has 6 nitrogen and oxygen atoms in total. The lowest BCUT2D eigenvalue weighted by Crippen LogP contribution is -2.63. The first-order chi connectivity index (χ1) is 16.3. The van der Waals surface area contributed by atoms with E-state index >= 15 is 0 Å². The summed E-state index contributed by atoms with van der Waals surface area (Å²) in [5.74, 6) is 0. The molecule has 0 spiro atoms. The molecule has 1 aliphatic heterocycles. The number of aromatic nitrogens is 3. The van der Waals surface area contributed by atoms with Crippen LogP contribution in [0.4, 0.5) is 23.2 Å². The molecule has 2 N–H and O–H groups in total. The number of rotatable bonds is 8. The molecule has 1 aliphatic carbocycles. The summed E-state index contributed by atoms with van der Waals surface area (Å²) in [4.78, 5) is 2.95. The highest BCUT2D eigenvalue weighted by Gasteiger charge is 2.38. The van der Waals surface area contributed by atoms with Crippen molar-refractivity contribution >= 4 is 34.5 Å². The average molecular weight is 515 g/mol. The van der Waals surface area contributed by atoms with Crippen molar-refractivity contribution in [2.24, 2.45) is 0 Å². The third-order valence-electron chi connectivity index (χ3n) is 6.58. The SMILES string of the molecule is CC1C(CF)NC(CF)CN1c1cc(SNC2(C)CC2)cn2c(-c3nnc(C(F)F)s3)ccc12. The van der Waals surface area contributed by atoms with Gasteiger partial charge in [0.25, 0.3) is 6.43 Å². The highest BCUT2D eigenvalue weighted by atomic mass is 32.2. The van der Waals surface area contributed by atoms with Crippen molar-refractivity contribution in [1.82, 2.24) is 24.6 Å². The lowest BCUT2D eigenvalue weighted by Gasteiger charge is -2.44. The molecule has 3 unspecified atom stereocenters. The van der Waals surface area contributed by atoms with Crippen LogP contribution in [-0.4, -0.2) is 58.2 Å². The zero-order valence-electron chi connectivity index (χ0n) is 18.8. The summed E-state index contributed by atoms with van der Waals surface area (Å²) < 4.78 is 59.1. The maximum atomic E-state index is 13.8. The number of pyridine rings is 1. The van der Waals surface area contributed by atoms with Crippen molar-refractivity contribution in [3.63, 3.8) is 0 Å². The maximum absolute atomic E-state index is 13.8. The van der Waals surface area contributed by atoms with Crippen LogP contribution in [-0.2, 0) is 0 Å².